The van der Waals surface area contributed by atoms with Crippen molar-refractivity contribution in [2.24, 2.45) is 5.92 Å². The highest BCUT2D eigenvalue weighted by Crippen LogP contribution is 2.13. The highest BCUT2D eigenvalue weighted by atomic mass is 16.3. The predicted octanol–water partition coefficient (Wildman–Crippen LogP) is -0.454. The van der Waals surface area contributed by atoms with Crippen LogP contribution in [-0.2, 0) is 4.79 Å². The van der Waals surface area contributed by atoms with Crippen molar-refractivity contribution in [2.75, 3.05) is 13.2 Å². The van der Waals surface area contributed by atoms with Crippen LogP contribution >= 0.6 is 0 Å². The molecule has 1 fully saturated rings. The molecule has 3 heteroatoms. The van der Waals surface area contributed by atoms with Crippen molar-refractivity contribution in [3.8, 4) is 0 Å². The van der Waals surface area contributed by atoms with Crippen LogP contribution in [-0.4, -0.2) is 30.6 Å². The van der Waals surface area contributed by atoms with Gasteiger partial charge < -0.3 is 15.2 Å². The molecule has 2 atom stereocenters. The van der Waals surface area contributed by atoms with Gasteiger partial charge in [0.25, 0.3) is 0 Å². The molecule has 1 saturated heterocycles. The topological polar surface area (TPSA) is 49.3 Å². The summed E-state index contributed by atoms with van der Waals surface area (Å²) in [5.74, 6) is 0.330. The lowest BCUT2D eigenvalue weighted by Gasteiger charge is -2.25. The van der Waals surface area contributed by atoms with E-state index in [0.29, 0.717) is 5.92 Å². The second-order valence-electron chi connectivity index (χ2n) is 2.77. The Morgan fingerprint density at radius 1 is 1.70 bits per heavy atom. The first kappa shape index (κ1) is 7.69. The van der Waals surface area contributed by atoms with E-state index >= 15 is 0 Å². The van der Waals surface area contributed by atoms with Crippen molar-refractivity contribution in [3.63, 3.8) is 0 Å². The molecular formula is C7H13NO2. The standard InChI is InChI=1S/C7H13NO2/c9-4-6-1-2-8-7(3-6)5-10/h5-9H,1-4H2. The number of hydrogen-bond donors (Lipinski definition) is 2. The van der Waals surface area contributed by atoms with E-state index in [1.165, 1.54) is 0 Å². The van der Waals surface area contributed by atoms with Gasteiger partial charge in [0, 0.05) is 6.61 Å². The fourth-order valence-electron chi connectivity index (χ4n) is 1.30. The zero-order valence-electron chi connectivity index (χ0n) is 5.92. The lowest BCUT2D eigenvalue weighted by atomic mass is 9.94. The lowest BCUT2D eigenvalue weighted by molar-refractivity contribution is -0.110. The van der Waals surface area contributed by atoms with E-state index in [-0.39, 0.29) is 12.6 Å². The van der Waals surface area contributed by atoms with E-state index in [9.17, 15) is 4.79 Å². The molecule has 0 aromatic carbocycles. The molecule has 2 N–H and O–H groups in total. The lowest BCUT2D eigenvalue weighted by Crippen LogP contribution is -2.39. The van der Waals surface area contributed by atoms with Crippen molar-refractivity contribution in [1.29, 1.82) is 0 Å². The summed E-state index contributed by atoms with van der Waals surface area (Å²) in [4.78, 5) is 10.3. The molecule has 1 rings (SSSR count). The number of aldehydes is 1. The second-order valence-corrected chi connectivity index (χ2v) is 2.77. The smallest absolute Gasteiger partial charge is 0.136 e. The van der Waals surface area contributed by atoms with Gasteiger partial charge in [0.1, 0.15) is 6.29 Å². The SMILES string of the molecule is O=CC1CC(CO)CCN1. The Bertz CT molecular complexity index is 116. The summed E-state index contributed by atoms with van der Waals surface area (Å²) in [6.07, 6.45) is 2.70. The quantitative estimate of drug-likeness (QED) is 0.514. The number of aliphatic hydroxyl groups excluding tert-OH is 1. The minimum absolute atomic E-state index is 0.0223. The van der Waals surface area contributed by atoms with Crippen LogP contribution in [0.3, 0.4) is 0 Å². The molecule has 0 aromatic heterocycles. The van der Waals surface area contributed by atoms with Gasteiger partial charge in [-0.15, -0.1) is 0 Å². The molecule has 2 unspecified atom stereocenters. The predicted molar refractivity (Wildman–Crippen MR) is 37.7 cm³/mol. The number of rotatable bonds is 2. The Balaban J connectivity index is 2.31. The molecule has 1 aliphatic rings. The van der Waals surface area contributed by atoms with Crippen LogP contribution in [0.15, 0.2) is 0 Å². The van der Waals surface area contributed by atoms with Gasteiger partial charge in [-0.3, -0.25) is 0 Å². The molecule has 10 heavy (non-hydrogen) atoms. The van der Waals surface area contributed by atoms with Crippen LogP contribution in [0.25, 0.3) is 0 Å². The molecule has 0 bridgehead atoms. The highest BCUT2D eigenvalue weighted by molar-refractivity contribution is 5.57. The number of nitrogens with one attached hydrogen (secondary N) is 1. The Morgan fingerprint density at radius 2 is 2.50 bits per heavy atom. The second kappa shape index (κ2) is 3.68. The van der Waals surface area contributed by atoms with Gasteiger partial charge >= 0.3 is 0 Å². The molecule has 0 aliphatic carbocycles. The summed E-state index contributed by atoms with van der Waals surface area (Å²) in [6.45, 7) is 1.07. The van der Waals surface area contributed by atoms with Gasteiger partial charge in [0.05, 0.1) is 6.04 Å². The minimum atomic E-state index is -0.0223. The first-order valence-electron chi connectivity index (χ1n) is 3.66. The zero-order valence-corrected chi connectivity index (χ0v) is 5.92. The summed E-state index contributed by atoms with van der Waals surface area (Å²) in [5.41, 5.74) is 0. The van der Waals surface area contributed by atoms with Gasteiger partial charge in [-0.2, -0.15) is 0 Å². The third-order valence-electron chi connectivity index (χ3n) is 1.97. The van der Waals surface area contributed by atoms with Crippen LogP contribution in [0.2, 0.25) is 0 Å². The summed E-state index contributed by atoms with van der Waals surface area (Å²) in [7, 11) is 0. The molecule has 3 nitrogen and oxygen atoms in total. The maximum Gasteiger partial charge on any atom is 0.136 e. The summed E-state index contributed by atoms with van der Waals surface area (Å²) < 4.78 is 0. The summed E-state index contributed by atoms with van der Waals surface area (Å²) in [5, 5.41) is 11.8. The summed E-state index contributed by atoms with van der Waals surface area (Å²) >= 11 is 0. The Kier molecular flexibility index (Phi) is 2.83. The van der Waals surface area contributed by atoms with E-state index in [0.717, 1.165) is 25.7 Å². The molecule has 1 heterocycles. The van der Waals surface area contributed by atoms with E-state index in [1.54, 1.807) is 0 Å². The zero-order chi connectivity index (χ0) is 7.40. The van der Waals surface area contributed by atoms with Gasteiger partial charge in [-0.25, -0.2) is 0 Å². The van der Waals surface area contributed by atoms with Crippen molar-refractivity contribution < 1.29 is 9.90 Å². The van der Waals surface area contributed by atoms with Crippen LogP contribution in [0.1, 0.15) is 12.8 Å². The third-order valence-corrected chi connectivity index (χ3v) is 1.97. The first-order chi connectivity index (χ1) is 4.86. The normalized spacial score (nSPS) is 33.7. The first-order valence-corrected chi connectivity index (χ1v) is 3.66. The third kappa shape index (κ3) is 1.78. The molecular weight excluding hydrogens is 130 g/mol. The fourth-order valence-corrected chi connectivity index (χ4v) is 1.30. The van der Waals surface area contributed by atoms with Crippen molar-refractivity contribution in [3.05, 3.63) is 0 Å². The van der Waals surface area contributed by atoms with E-state index in [2.05, 4.69) is 5.32 Å². The highest BCUT2D eigenvalue weighted by Gasteiger charge is 2.19. The molecule has 0 spiro atoms. The fraction of sp³-hybridized carbons (Fsp3) is 0.857. The molecule has 1 aliphatic heterocycles. The molecule has 0 amide bonds. The maximum atomic E-state index is 10.3. The van der Waals surface area contributed by atoms with Gasteiger partial charge in [0.2, 0.25) is 0 Å². The number of carbonyl (C=O) groups is 1. The van der Waals surface area contributed by atoms with E-state index < -0.39 is 0 Å². The van der Waals surface area contributed by atoms with Crippen LogP contribution < -0.4 is 5.32 Å². The average molecular weight is 143 g/mol. The molecule has 0 saturated carbocycles. The number of carbonyl (C=O) groups excluding carboxylic acids is 1. The Labute approximate surface area is 60.4 Å². The average Bonchev–Trinajstić information content (AvgIpc) is 2.05. The van der Waals surface area contributed by atoms with Crippen molar-refractivity contribution in [1.82, 2.24) is 5.32 Å². The van der Waals surface area contributed by atoms with Crippen LogP contribution in [0.5, 0.6) is 0 Å². The van der Waals surface area contributed by atoms with Crippen LogP contribution in [0.4, 0.5) is 0 Å². The van der Waals surface area contributed by atoms with Gasteiger partial charge in [0.15, 0.2) is 0 Å². The van der Waals surface area contributed by atoms with Crippen molar-refractivity contribution >= 4 is 6.29 Å². The van der Waals surface area contributed by atoms with Gasteiger partial charge in [-0.05, 0) is 25.3 Å². The monoisotopic (exact) mass is 143 g/mol. The Hall–Kier alpha value is -0.410. The van der Waals surface area contributed by atoms with E-state index in [4.69, 9.17) is 5.11 Å². The number of hydrogen-bond acceptors (Lipinski definition) is 3. The Morgan fingerprint density at radius 3 is 3.10 bits per heavy atom. The van der Waals surface area contributed by atoms with Crippen molar-refractivity contribution in [2.45, 2.75) is 18.9 Å². The van der Waals surface area contributed by atoms with Gasteiger partial charge in [-0.1, -0.05) is 0 Å². The number of aliphatic hydroxyl groups is 1. The largest absolute Gasteiger partial charge is 0.396 e. The summed E-state index contributed by atoms with van der Waals surface area (Å²) in [6, 6.07) is -0.0223. The maximum absolute atomic E-state index is 10.3. The van der Waals surface area contributed by atoms with E-state index in [1.807, 2.05) is 0 Å². The number of piperidine rings is 1. The molecule has 58 valence electrons. The molecule has 0 aromatic rings. The molecule has 0 radical (unpaired) electrons. The minimum Gasteiger partial charge on any atom is -0.396 e. The van der Waals surface area contributed by atoms with Crippen LogP contribution in [0, 0.1) is 5.92 Å².